The van der Waals surface area contributed by atoms with Crippen LogP contribution in [0.4, 0.5) is 0 Å². The van der Waals surface area contributed by atoms with Crippen molar-refractivity contribution in [3.05, 3.63) is 40.8 Å². The summed E-state index contributed by atoms with van der Waals surface area (Å²) in [5.41, 5.74) is 0.947. The molecule has 0 radical (unpaired) electrons. The second-order valence-corrected chi connectivity index (χ2v) is 4.10. The molecule has 1 atom stereocenters. The Morgan fingerprint density at radius 1 is 1.64 bits per heavy atom. The molecule has 0 saturated heterocycles. The molecule has 0 aliphatic rings. The van der Waals surface area contributed by atoms with Crippen LogP contribution in [-0.4, -0.2) is 9.97 Å². The highest BCUT2D eigenvalue weighted by Gasteiger charge is 2.15. The zero-order valence-electron chi connectivity index (χ0n) is 7.21. The van der Waals surface area contributed by atoms with Gasteiger partial charge < -0.3 is 9.40 Å². The number of hydrogen-bond acceptors (Lipinski definition) is 2. The Balaban J connectivity index is 2.10. The Morgan fingerprint density at radius 2 is 2.50 bits per heavy atom. The van der Waals surface area contributed by atoms with Crippen LogP contribution in [0.25, 0.3) is 0 Å². The number of furan rings is 1. The number of nitrogens with one attached hydrogen (secondary N) is 1. The number of alkyl halides is 1. The first-order chi connectivity index (χ1) is 6.77. The molecule has 0 aliphatic carbocycles. The Labute approximate surface area is 94.6 Å². The number of halogens is 2. The molecule has 0 aromatic carbocycles. The molecule has 14 heavy (non-hydrogen) atoms. The van der Waals surface area contributed by atoms with Gasteiger partial charge in [-0.05, 0) is 22.0 Å². The highest BCUT2D eigenvalue weighted by Crippen LogP contribution is 2.30. The molecular weight excluding hydrogens is 267 g/mol. The van der Waals surface area contributed by atoms with Gasteiger partial charge in [0.2, 0.25) is 0 Å². The summed E-state index contributed by atoms with van der Waals surface area (Å²) in [6.45, 7) is 0. The van der Waals surface area contributed by atoms with Crippen LogP contribution in [0, 0.1) is 0 Å². The minimum absolute atomic E-state index is 0.130. The van der Waals surface area contributed by atoms with Gasteiger partial charge in [0.05, 0.1) is 11.6 Å². The molecule has 2 aromatic rings. The Kier molecular flexibility index (Phi) is 2.93. The van der Waals surface area contributed by atoms with Crippen LogP contribution in [0.3, 0.4) is 0 Å². The van der Waals surface area contributed by atoms with E-state index in [0.717, 1.165) is 11.4 Å². The van der Waals surface area contributed by atoms with Gasteiger partial charge >= 0.3 is 0 Å². The molecule has 0 bridgehead atoms. The molecule has 0 saturated carbocycles. The summed E-state index contributed by atoms with van der Waals surface area (Å²) < 4.78 is 5.79. The van der Waals surface area contributed by atoms with Gasteiger partial charge in [0, 0.05) is 24.4 Å². The zero-order chi connectivity index (χ0) is 9.97. The summed E-state index contributed by atoms with van der Waals surface area (Å²) >= 11 is 9.48. The van der Waals surface area contributed by atoms with Gasteiger partial charge in [-0.1, -0.05) is 0 Å². The van der Waals surface area contributed by atoms with E-state index in [2.05, 4.69) is 25.9 Å². The fraction of sp³-hybridized carbons (Fsp3) is 0.222. The lowest BCUT2D eigenvalue weighted by molar-refractivity contribution is 0.536. The maximum Gasteiger partial charge on any atom is 0.173 e. The third kappa shape index (κ3) is 2.01. The van der Waals surface area contributed by atoms with E-state index in [1.54, 1.807) is 18.7 Å². The molecule has 2 heterocycles. The zero-order valence-corrected chi connectivity index (χ0v) is 9.55. The van der Waals surface area contributed by atoms with Gasteiger partial charge in [0.25, 0.3) is 0 Å². The highest BCUT2D eigenvalue weighted by atomic mass is 79.9. The molecule has 2 aromatic heterocycles. The summed E-state index contributed by atoms with van der Waals surface area (Å²) in [4.78, 5) is 7.12. The van der Waals surface area contributed by atoms with E-state index < -0.39 is 0 Å². The van der Waals surface area contributed by atoms with Crippen molar-refractivity contribution in [2.75, 3.05) is 0 Å². The van der Waals surface area contributed by atoms with E-state index in [9.17, 15) is 0 Å². The van der Waals surface area contributed by atoms with Crippen LogP contribution in [0.5, 0.6) is 0 Å². The maximum atomic E-state index is 6.19. The first-order valence-electron chi connectivity index (χ1n) is 4.12. The molecule has 74 valence electrons. The summed E-state index contributed by atoms with van der Waals surface area (Å²) in [5.74, 6) is 0.873. The van der Waals surface area contributed by atoms with Crippen molar-refractivity contribution < 1.29 is 4.42 Å². The Bertz CT molecular complexity index is 399. The summed E-state index contributed by atoms with van der Waals surface area (Å²) in [6, 6.07) is 1.85. The topological polar surface area (TPSA) is 41.8 Å². The second-order valence-electron chi connectivity index (χ2n) is 2.86. The van der Waals surface area contributed by atoms with Crippen LogP contribution in [0.15, 0.2) is 33.8 Å². The van der Waals surface area contributed by atoms with E-state index >= 15 is 0 Å². The van der Waals surface area contributed by atoms with Crippen molar-refractivity contribution in [2.45, 2.75) is 11.8 Å². The molecule has 0 amide bonds. The number of aromatic amines is 1. The van der Waals surface area contributed by atoms with E-state index in [1.807, 2.05) is 6.07 Å². The van der Waals surface area contributed by atoms with E-state index in [0.29, 0.717) is 11.1 Å². The molecule has 5 heteroatoms. The molecule has 0 fully saturated rings. The minimum Gasteiger partial charge on any atom is -0.457 e. The van der Waals surface area contributed by atoms with Crippen LogP contribution >= 0.6 is 27.5 Å². The van der Waals surface area contributed by atoms with Crippen molar-refractivity contribution in [2.24, 2.45) is 0 Å². The van der Waals surface area contributed by atoms with Gasteiger partial charge in [-0.25, -0.2) is 4.98 Å². The van der Waals surface area contributed by atoms with E-state index in [1.165, 1.54) is 0 Å². The molecule has 0 spiro atoms. The number of imidazole rings is 1. The largest absolute Gasteiger partial charge is 0.457 e. The fourth-order valence-corrected chi connectivity index (χ4v) is 2.18. The number of aromatic nitrogens is 2. The quantitative estimate of drug-likeness (QED) is 0.873. The smallest absolute Gasteiger partial charge is 0.173 e. The van der Waals surface area contributed by atoms with E-state index in [-0.39, 0.29) is 5.38 Å². The monoisotopic (exact) mass is 274 g/mol. The average molecular weight is 276 g/mol. The van der Waals surface area contributed by atoms with Gasteiger partial charge in [-0.15, -0.1) is 11.6 Å². The van der Waals surface area contributed by atoms with Crippen molar-refractivity contribution in [3.63, 3.8) is 0 Å². The van der Waals surface area contributed by atoms with Gasteiger partial charge in [0.1, 0.15) is 5.82 Å². The molecular formula is C9H8BrClN2O. The summed E-state index contributed by atoms with van der Waals surface area (Å²) in [7, 11) is 0. The Hall–Kier alpha value is -0.740. The third-order valence-corrected chi connectivity index (χ3v) is 2.95. The SMILES string of the molecule is ClC(Cc1ncc[nH]1)c1ccoc1Br. The minimum atomic E-state index is -0.130. The van der Waals surface area contributed by atoms with Crippen LogP contribution < -0.4 is 0 Å². The fourth-order valence-electron chi connectivity index (χ4n) is 1.22. The molecule has 1 unspecified atom stereocenters. The first-order valence-corrected chi connectivity index (χ1v) is 5.35. The third-order valence-electron chi connectivity index (χ3n) is 1.91. The van der Waals surface area contributed by atoms with Crippen molar-refractivity contribution in [1.82, 2.24) is 9.97 Å². The maximum absolute atomic E-state index is 6.19. The highest BCUT2D eigenvalue weighted by molar-refractivity contribution is 9.10. The number of nitrogens with zero attached hydrogens (tertiary/aromatic N) is 1. The predicted molar refractivity (Wildman–Crippen MR) is 57.3 cm³/mol. The number of rotatable bonds is 3. The lowest BCUT2D eigenvalue weighted by Gasteiger charge is -2.04. The average Bonchev–Trinajstić information content (AvgIpc) is 2.75. The number of H-pyrrole nitrogens is 1. The number of hydrogen-bond donors (Lipinski definition) is 1. The van der Waals surface area contributed by atoms with Gasteiger partial charge in [0.15, 0.2) is 4.67 Å². The summed E-state index contributed by atoms with van der Waals surface area (Å²) in [5, 5.41) is -0.130. The van der Waals surface area contributed by atoms with Crippen LogP contribution in [0.2, 0.25) is 0 Å². The molecule has 2 rings (SSSR count). The molecule has 3 nitrogen and oxygen atoms in total. The van der Waals surface area contributed by atoms with Crippen molar-refractivity contribution in [3.8, 4) is 0 Å². The molecule has 0 aliphatic heterocycles. The lowest BCUT2D eigenvalue weighted by atomic mass is 10.2. The lowest BCUT2D eigenvalue weighted by Crippen LogP contribution is -1.96. The van der Waals surface area contributed by atoms with Crippen LogP contribution in [-0.2, 0) is 6.42 Å². The first kappa shape index (κ1) is 9.80. The van der Waals surface area contributed by atoms with E-state index in [4.69, 9.17) is 16.0 Å². The van der Waals surface area contributed by atoms with Crippen molar-refractivity contribution in [1.29, 1.82) is 0 Å². The normalized spacial score (nSPS) is 13.0. The molecule has 1 N–H and O–H groups in total. The standard InChI is InChI=1S/C9H8BrClN2O/c10-9-6(1-4-14-9)7(11)5-8-12-2-3-13-8/h1-4,7H,5H2,(H,12,13). The van der Waals surface area contributed by atoms with Crippen molar-refractivity contribution >= 4 is 27.5 Å². The second kappa shape index (κ2) is 4.19. The van der Waals surface area contributed by atoms with Gasteiger partial charge in [-0.3, -0.25) is 0 Å². The van der Waals surface area contributed by atoms with Crippen LogP contribution in [0.1, 0.15) is 16.8 Å². The Morgan fingerprint density at radius 3 is 3.07 bits per heavy atom. The summed E-state index contributed by atoms with van der Waals surface area (Å²) in [6.07, 6.45) is 5.76. The van der Waals surface area contributed by atoms with Gasteiger partial charge in [-0.2, -0.15) is 0 Å². The predicted octanol–water partition coefficient (Wildman–Crippen LogP) is 3.29.